The van der Waals surface area contributed by atoms with E-state index in [0.717, 1.165) is 17.9 Å². The summed E-state index contributed by atoms with van der Waals surface area (Å²) in [6.07, 6.45) is 0.760. The lowest BCUT2D eigenvalue weighted by Gasteiger charge is -2.08. The van der Waals surface area contributed by atoms with Crippen LogP contribution >= 0.6 is 11.8 Å². The number of benzene rings is 1. The fourth-order valence-corrected chi connectivity index (χ4v) is 2.79. The lowest BCUT2D eigenvalue weighted by molar-refractivity contribution is -0.113. The van der Waals surface area contributed by atoms with E-state index in [1.807, 2.05) is 13.8 Å². The van der Waals surface area contributed by atoms with Crippen molar-refractivity contribution in [3.63, 3.8) is 0 Å². The summed E-state index contributed by atoms with van der Waals surface area (Å²) in [5.41, 5.74) is 1.41. The van der Waals surface area contributed by atoms with Gasteiger partial charge in [-0.1, -0.05) is 18.7 Å². The Labute approximate surface area is 148 Å². The van der Waals surface area contributed by atoms with Crippen molar-refractivity contribution in [1.29, 1.82) is 0 Å². The van der Waals surface area contributed by atoms with Gasteiger partial charge in [0.2, 0.25) is 11.1 Å². The molecule has 0 aliphatic rings. The number of thioether (sulfide) groups is 1. The Bertz CT molecular complexity index is 873. The van der Waals surface area contributed by atoms with E-state index in [2.05, 4.69) is 25.6 Å². The predicted molar refractivity (Wildman–Crippen MR) is 93.4 cm³/mol. The number of hydrogen-bond acceptors (Lipinski definition) is 5. The Morgan fingerprint density at radius 2 is 2.12 bits per heavy atom. The molecule has 0 radical (unpaired) electrons. The van der Waals surface area contributed by atoms with Crippen LogP contribution in [-0.4, -0.2) is 36.6 Å². The number of amides is 1. The predicted octanol–water partition coefficient (Wildman–Crippen LogP) is 2.73. The lowest BCUT2D eigenvalue weighted by atomic mass is 10.3. The van der Waals surface area contributed by atoms with Crippen LogP contribution in [0.1, 0.15) is 18.4 Å². The van der Waals surface area contributed by atoms with E-state index in [4.69, 9.17) is 0 Å². The second-order valence-electron chi connectivity index (χ2n) is 5.31. The molecule has 0 aliphatic heterocycles. The van der Waals surface area contributed by atoms with Gasteiger partial charge in [-0.3, -0.25) is 9.89 Å². The van der Waals surface area contributed by atoms with Gasteiger partial charge in [0.15, 0.2) is 0 Å². The first-order chi connectivity index (χ1) is 12.0. The minimum atomic E-state index is -0.326. The summed E-state index contributed by atoms with van der Waals surface area (Å²) in [6, 6.07) is 7.66. The van der Waals surface area contributed by atoms with Crippen LogP contribution in [0.2, 0.25) is 0 Å². The molecule has 0 unspecified atom stereocenters. The van der Waals surface area contributed by atoms with E-state index < -0.39 is 0 Å². The van der Waals surface area contributed by atoms with Crippen LogP contribution in [0, 0.1) is 12.7 Å². The number of carbonyl (C=O) groups excluding carboxylic acids is 1. The molecule has 9 heteroatoms. The molecular formula is C16H17FN6OS. The zero-order valence-corrected chi connectivity index (χ0v) is 14.6. The van der Waals surface area contributed by atoms with E-state index in [1.54, 1.807) is 22.9 Å². The maximum atomic E-state index is 13.1. The molecule has 1 aromatic carbocycles. The number of halogens is 1. The molecule has 2 N–H and O–H groups in total. The molecule has 1 amide bonds. The molecule has 130 valence electrons. The third-order valence-corrected chi connectivity index (χ3v) is 4.20. The molecule has 0 fully saturated rings. The maximum absolute atomic E-state index is 13.1. The number of anilines is 1. The molecule has 3 rings (SSSR count). The summed E-state index contributed by atoms with van der Waals surface area (Å²) >= 11 is 1.25. The number of nitrogens with one attached hydrogen (secondary N) is 2. The van der Waals surface area contributed by atoms with Crippen LogP contribution in [0.25, 0.3) is 5.69 Å². The number of rotatable bonds is 6. The number of hydrogen-bond donors (Lipinski definition) is 2. The van der Waals surface area contributed by atoms with Gasteiger partial charge >= 0.3 is 0 Å². The van der Waals surface area contributed by atoms with Crippen molar-refractivity contribution in [2.75, 3.05) is 11.1 Å². The summed E-state index contributed by atoms with van der Waals surface area (Å²) in [5.74, 6) is 0.963. The van der Waals surface area contributed by atoms with Crippen molar-refractivity contribution < 1.29 is 9.18 Å². The van der Waals surface area contributed by atoms with E-state index in [9.17, 15) is 9.18 Å². The smallest absolute Gasteiger partial charge is 0.236 e. The van der Waals surface area contributed by atoms with Crippen molar-refractivity contribution in [3.8, 4) is 5.69 Å². The highest BCUT2D eigenvalue weighted by atomic mass is 32.2. The maximum Gasteiger partial charge on any atom is 0.236 e. The Balaban J connectivity index is 1.67. The highest BCUT2D eigenvalue weighted by molar-refractivity contribution is 7.99. The van der Waals surface area contributed by atoms with Crippen LogP contribution in [-0.2, 0) is 11.2 Å². The van der Waals surface area contributed by atoms with Crippen LogP contribution in [0.15, 0.2) is 35.5 Å². The number of nitrogens with zero attached hydrogens (tertiary/aromatic N) is 4. The van der Waals surface area contributed by atoms with Crippen molar-refractivity contribution in [3.05, 3.63) is 47.7 Å². The summed E-state index contributed by atoms with van der Waals surface area (Å²) in [7, 11) is 0. The number of aromatic amines is 1. The Morgan fingerprint density at radius 3 is 2.80 bits per heavy atom. The molecule has 0 spiro atoms. The van der Waals surface area contributed by atoms with Crippen molar-refractivity contribution in [2.45, 2.75) is 25.4 Å². The van der Waals surface area contributed by atoms with Crippen LogP contribution in [0.5, 0.6) is 0 Å². The number of carbonyl (C=O) groups is 1. The fourth-order valence-electron chi connectivity index (χ4n) is 2.18. The standard InChI is InChI=1S/C16H17FN6OS/c1-3-13-18-16(21-20-13)25-9-15(24)19-14-8-10(2)22-23(14)12-6-4-11(17)5-7-12/h4-8H,3,9H2,1-2H3,(H,19,24)(H,18,20,21). The SMILES string of the molecule is CCc1nc(SCC(=O)Nc2cc(C)nn2-c2ccc(F)cc2)n[nH]1. The van der Waals surface area contributed by atoms with Gasteiger partial charge in [-0.25, -0.2) is 14.1 Å². The average molecular weight is 360 g/mol. The third-order valence-electron chi connectivity index (χ3n) is 3.35. The van der Waals surface area contributed by atoms with E-state index in [0.29, 0.717) is 16.7 Å². The number of aromatic nitrogens is 5. The first kappa shape index (κ1) is 17.2. The summed E-state index contributed by atoms with van der Waals surface area (Å²) in [5, 5.41) is 14.5. The molecule has 7 nitrogen and oxygen atoms in total. The van der Waals surface area contributed by atoms with E-state index in [-0.39, 0.29) is 17.5 Å². The fraction of sp³-hybridized carbons (Fsp3) is 0.250. The number of aryl methyl sites for hydroxylation is 2. The van der Waals surface area contributed by atoms with E-state index >= 15 is 0 Å². The van der Waals surface area contributed by atoms with Crippen molar-refractivity contribution >= 4 is 23.5 Å². The minimum absolute atomic E-state index is 0.175. The summed E-state index contributed by atoms with van der Waals surface area (Å²) in [4.78, 5) is 16.5. The first-order valence-electron chi connectivity index (χ1n) is 7.71. The average Bonchev–Trinajstić information content (AvgIpc) is 3.20. The molecule has 2 aromatic heterocycles. The van der Waals surface area contributed by atoms with Gasteiger partial charge in [-0.05, 0) is 31.2 Å². The normalized spacial score (nSPS) is 10.8. The molecule has 3 aromatic rings. The van der Waals surface area contributed by atoms with Gasteiger partial charge in [0.1, 0.15) is 17.5 Å². The van der Waals surface area contributed by atoms with Gasteiger partial charge in [0, 0.05) is 12.5 Å². The highest BCUT2D eigenvalue weighted by Crippen LogP contribution is 2.19. The van der Waals surface area contributed by atoms with Crippen LogP contribution in [0.3, 0.4) is 0 Å². The molecule has 0 saturated heterocycles. The highest BCUT2D eigenvalue weighted by Gasteiger charge is 2.12. The van der Waals surface area contributed by atoms with Gasteiger partial charge in [-0.2, -0.15) is 5.10 Å². The van der Waals surface area contributed by atoms with Crippen LogP contribution in [0.4, 0.5) is 10.2 Å². The Morgan fingerprint density at radius 1 is 1.36 bits per heavy atom. The molecule has 2 heterocycles. The zero-order chi connectivity index (χ0) is 17.8. The molecule has 0 saturated carbocycles. The zero-order valence-electron chi connectivity index (χ0n) is 13.8. The quantitative estimate of drug-likeness (QED) is 0.660. The topological polar surface area (TPSA) is 88.5 Å². The molecule has 0 bridgehead atoms. The van der Waals surface area contributed by atoms with Crippen molar-refractivity contribution in [2.24, 2.45) is 0 Å². The van der Waals surface area contributed by atoms with Crippen LogP contribution < -0.4 is 5.32 Å². The van der Waals surface area contributed by atoms with Crippen molar-refractivity contribution in [1.82, 2.24) is 25.0 Å². The lowest BCUT2D eigenvalue weighted by Crippen LogP contribution is -2.17. The van der Waals surface area contributed by atoms with Gasteiger partial charge < -0.3 is 5.32 Å². The minimum Gasteiger partial charge on any atom is -0.310 e. The first-order valence-corrected chi connectivity index (χ1v) is 8.70. The molecule has 0 aliphatic carbocycles. The Hall–Kier alpha value is -2.68. The van der Waals surface area contributed by atoms with E-state index in [1.165, 1.54) is 23.9 Å². The van der Waals surface area contributed by atoms with Gasteiger partial charge in [-0.15, -0.1) is 5.10 Å². The molecule has 25 heavy (non-hydrogen) atoms. The second-order valence-corrected chi connectivity index (χ2v) is 6.26. The molecule has 0 atom stereocenters. The summed E-state index contributed by atoms with van der Waals surface area (Å²) in [6.45, 7) is 3.80. The molecular weight excluding hydrogens is 343 g/mol. The van der Waals surface area contributed by atoms with Gasteiger partial charge in [0.25, 0.3) is 0 Å². The third kappa shape index (κ3) is 4.24. The Kier molecular flexibility index (Phi) is 5.13. The summed E-state index contributed by atoms with van der Waals surface area (Å²) < 4.78 is 14.7. The van der Waals surface area contributed by atoms with Gasteiger partial charge in [0.05, 0.1) is 17.1 Å². The second kappa shape index (κ2) is 7.47. The largest absolute Gasteiger partial charge is 0.310 e. The monoisotopic (exact) mass is 360 g/mol. The number of H-pyrrole nitrogens is 1.